The molecule has 8 heteroatoms. The number of anilines is 1. The lowest BCUT2D eigenvalue weighted by Gasteiger charge is -2.17. The number of benzene rings is 2. The topological polar surface area (TPSA) is 102 Å². The van der Waals surface area contributed by atoms with E-state index in [0.29, 0.717) is 16.8 Å². The number of hydrogen-bond acceptors (Lipinski definition) is 6. The van der Waals surface area contributed by atoms with Crippen LogP contribution in [0.5, 0.6) is 0 Å². The molecule has 0 spiro atoms. The second-order valence-corrected chi connectivity index (χ2v) is 6.77. The summed E-state index contributed by atoms with van der Waals surface area (Å²) in [6.45, 7) is 1.35. The summed E-state index contributed by atoms with van der Waals surface area (Å²) in [5, 5.41) is 2.79. The molecule has 0 radical (unpaired) electrons. The summed E-state index contributed by atoms with van der Waals surface area (Å²) < 4.78 is 10.4. The van der Waals surface area contributed by atoms with Gasteiger partial charge in [-0.3, -0.25) is 9.59 Å². The van der Waals surface area contributed by atoms with Crippen LogP contribution in [0.1, 0.15) is 18.4 Å². The normalized spacial score (nSPS) is 10.9. The van der Waals surface area contributed by atoms with E-state index in [9.17, 15) is 14.4 Å². The SMILES string of the molecule is CCc1ccccc1NC(=O)CN(C)C(=O)COC(=O)/C=C/c1nc2ccccc2o1. The van der Waals surface area contributed by atoms with Crippen LogP contribution < -0.4 is 5.32 Å². The van der Waals surface area contributed by atoms with Gasteiger partial charge in [0.15, 0.2) is 12.2 Å². The summed E-state index contributed by atoms with van der Waals surface area (Å²) in [7, 11) is 1.47. The molecule has 2 aromatic carbocycles. The summed E-state index contributed by atoms with van der Waals surface area (Å²) in [6.07, 6.45) is 3.28. The molecular formula is C23H23N3O5. The number of para-hydroxylation sites is 3. The zero-order valence-corrected chi connectivity index (χ0v) is 17.3. The summed E-state index contributed by atoms with van der Waals surface area (Å²) in [5.74, 6) is -1.29. The summed E-state index contributed by atoms with van der Waals surface area (Å²) in [5.41, 5.74) is 3.00. The number of nitrogens with zero attached hydrogens (tertiary/aromatic N) is 2. The molecule has 0 unspecified atom stereocenters. The van der Waals surface area contributed by atoms with E-state index in [1.807, 2.05) is 43.3 Å². The Morgan fingerprint density at radius 3 is 2.65 bits per heavy atom. The molecule has 0 aliphatic heterocycles. The number of esters is 1. The van der Waals surface area contributed by atoms with Crippen LogP contribution in [0.4, 0.5) is 5.69 Å². The number of rotatable bonds is 8. The Morgan fingerprint density at radius 2 is 1.87 bits per heavy atom. The number of hydrogen-bond donors (Lipinski definition) is 1. The van der Waals surface area contributed by atoms with Gasteiger partial charge in [0.05, 0.1) is 6.54 Å². The molecule has 0 fully saturated rings. The fourth-order valence-corrected chi connectivity index (χ4v) is 2.84. The molecule has 0 bridgehead atoms. The van der Waals surface area contributed by atoms with Crippen molar-refractivity contribution < 1.29 is 23.5 Å². The molecular weight excluding hydrogens is 398 g/mol. The monoisotopic (exact) mass is 421 g/mol. The van der Waals surface area contributed by atoms with Crippen molar-refractivity contribution in [2.24, 2.45) is 0 Å². The molecule has 3 rings (SSSR count). The minimum Gasteiger partial charge on any atom is -0.452 e. The number of likely N-dealkylation sites (N-methyl/N-ethyl adjacent to an activating group) is 1. The van der Waals surface area contributed by atoms with E-state index in [4.69, 9.17) is 9.15 Å². The third-order valence-electron chi connectivity index (χ3n) is 4.49. The lowest BCUT2D eigenvalue weighted by molar-refractivity contribution is -0.148. The van der Waals surface area contributed by atoms with Gasteiger partial charge in [-0.05, 0) is 30.2 Å². The third-order valence-corrected chi connectivity index (χ3v) is 4.49. The van der Waals surface area contributed by atoms with Gasteiger partial charge in [-0.15, -0.1) is 0 Å². The Bertz CT molecular complexity index is 1090. The molecule has 0 atom stereocenters. The Hall–Kier alpha value is -3.94. The first kappa shape index (κ1) is 21.8. The van der Waals surface area contributed by atoms with E-state index in [0.717, 1.165) is 18.1 Å². The van der Waals surface area contributed by atoms with Crippen LogP contribution in [0.25, 0.3) is 17.2 Å². The van der Waals surface area contributed by atoms with Crippen molar-refractivity contribution in [3.8, 4) is 0 Å². The predicted octanol–water partition coefficient (Wildman–Crippen LogP) is 3.04. The molecule has 31 heavy (non-hydrogen) atoms. The zero-order chi connectivity index (χ0) is 22.2. The number of oxazole rings is 1. The molecule has 0 saturated carbocycles. The van der Waals surface area contributed by atoms with Gasteiger partial charge in [-0.1, -0.05) is 37.3 Å². The van der Waals surface area contributed by atoms with Crippen molar-refractivity contribution in [3.63, 3.8) is 0 Å². The Balaban J connectivity index is 1.45. The first-order valence-corrected chi connectivity index (χ1v) is 9.78. The number of nitrogens with one attached hydrogen (secondary N) is 1. The largest absolute Gasteiger partial charge is 0.452 e. The second-order valence-electron chi connectivity index (χ2n) is 6.77. The predicted molar refractivity (Wildman–Crippen MR) is 116 cm³/mol. The first-order valence-electron chi connectivity index (χ1n) is 9.78. The van der Waals surface area contributed by atoms with Crippen LogP contribution in [0.15, 0.2) is 59.0 Å². The third kappa shape index (κ3) is 6.02. The van der Waals surface area contributed by atoms with Gasteiger partial charge in [0, 0.05) is 24.9 Å². The summed E-state index contributed by atoms with van der Waals surface area (Å²) in [6, 6.07) is 14.7. The van der Waals surface area contributed by atoms with Crippen LogP contribution in [0.3, 0.4) is 0 Å². The highest BCUT2D eigenvalue weighted by Gasteiger charge is 2.15. The molecule has 8 nitrogen and oxygen atoms in total. The molecule has 3 aromatic rings. The zero-order valence-electron chi connectivity index (χ0n) is 17.3. The average Bonchev–Trinajstić information content (AvgIpc) is 3.19. The van der Waals surface area contributed by atoms with Gasteiger partial charge in [0.2, 0.25) is 11.8 Å². The van der Waals surface area contributed by atoms with E-state index in [1.54, 1.807) is 12.1 Å². The van der Waals surface area contributed by atoms with Gasteiger partial charge in [-0.2, -0.15) is 0 Å². The number of carbonyl (C=O) groups excluding carboxylic acids is 3. The van der Waals surface area contributed by atoms with E-state index in [1.165, 1.54) is 18.0 Å². The minimum absolute atomic E-state index is 0.160. The van der Waals surface area contributed by atoms with Gasteiger partial charge in [0.1, 0.15) is 5.52 Å². The number of amides is 2. The van der Waals surface area contributed by atoms with Gasteiger partial charge >= 0.3 is 5.97 Å². The Labute approximate surface area is 179 Å². The van der Waals surface area contributed by atoms with E-state index < -0.39 is 18.5 Å². The van der Waals surface area contributed by atoms with E-state index in [-0.39, 0.29) is 18.3 Å². The van der Waals surface area contributed by atoms with E-state index in [2.05, 4.69) is 10.3 Å². The average molecular weight is 421 g/mol. The molecule has 0 aliphatic carbocycles. The molecule has 0 aliphatic rings. The second kappa shape index (κ2) is 10.2. The molecule has 160 valence electrons. The molecule has 1 N–H and O–H groups in total. The van der Waals surface area contributed by atoms with Crippen molar-refractivity contribution in [2.45, 2.75) is 13.3 Å². The smallest absolute Gasteiger partial charge is 0.331 e. The maximum absolute atomic E-state index is 12.2. The van der Waals surface area contributed by atoms with Gasteiger partial charge in [-0.25, -0.2) is 9.78 Å². The highest BCUT2D eigenvalue weighted by molar-refractivity contribution is 5.95. The van der Waals surface area contributed by atoms with Crippen LogP contribution in [-0.2, 0) is 25.5 Å². The highest BCUT2D eigenvalue weighted by atomic mass is 16.5. The Morgan fingerprint density at radius 1 is 1.13 bits per heavy atom. The van der Waals surface area contributed by atoms with Crippen LogP contribution in [0.2, 0.25) is 0 Å². The standard InChI is InChI=1S/C23H23N3O5/c1-3-16-8-4-5-9-17(16)24-20(27)14-26(2)22(28)15-30-23(29)13-12-21-25-18-10-6-7-11-19(18)31-21/h4-13H,3,14-15H2,1-2H3,(H,24,27)/b13-12+. The van der Waals surface area contributed by atoms with E-state index >= 15 is 0 Å². The first-order chi connectivity index (χ1) is 15.0. The molecule has 1 heterocycles. The maximum Gasteiger partial charge on any atom is 0.331 e. The fraction of sp³-hybridized carbons (Fsp3) is 0.217. The number of aryl methyl sites for hydroxylation is 1. The minimum atomic E-state index is -0.717. The van der Waals surface area contributed by atoms with Crippen molar-refractivity contribution in [2.75, 3.05) is 25.5 Å². The highest BCUT2D eigenvalue weighted by Crippen LogP contribution is 2.16. The quantitative estimate of drug-likeness (QED) is 0.443. The van der Waals surface area contributed by atoms with Crippen molar-refractivity contribution in [1.29, 1.82) is 0 Å². The lowest BCUT2D eigenvalue weighted by atomic mass is 10.1. The number of aromatic nitrogens is 1. The van der Waals surface area contributed by atoms with Crippen LogP contribution in [0, 0.1) is 0 Å². The maximum atomic E-state index is 12.2. The van der Waals surface area contributed by atoms with Crippen molar-refractivity contribution in [3.05, 3.63) is 66.1 Å². The van der Waals surface area contributed by atoms with Crippen molar-refractivity contribution >= 4 is 40.6 Å². The number of carbonyl (C=O) groups is 3. The Kier molecular flexibility index (Phi) is 7.16. The number of fused-ring (bicyclic) bond motifs is 1. The van der Waals surface area contributed by atoms with Crippen LogP contribution in [-0.4, -0.2) is 47.9 Å². The molecule has 2 amide bonds. The van der Waals surface area contributed by atoms with Gasteiger partial charge in [0.25, 0.3) is 5.91 Å². The number of ether oxygens (including phenoxy) is 1. The summed E-state index contributed by atoms with van der Waals surface area (Å²) >= 11 is 0. The summed E-state index contributed by atoms with van der Waals surface area (Å²) in [4.78, 5) is 41.7. The molecule has 0 saturated heterocycles. The van der Waals surface area contributed by atoms with Crippen LogP contribution >= 0.6 is 0 Å². The van der Waals surface area contributed by atoms with Gasteiger partial charge < -0.3 is 19.4 Å². The van der Waals surface area contributed by atoms with Crippen molar-refractivity contribution in [1.82, 2.24) is 9.88 Å². The fourth-order valence-electron chi connectivity index (χ4n) is 2.84. The lowest BCUT2D eigenvalue weighted by Crippen LogP contribution is -2.37. The molecule has 1 aromatic heterocycles.